The molecule has 0 saturated heterocycles. The molecule has 1 atom stereocenters. The fraction of sp³-hybridized carbons (Fsp3) is 0.364. The van der Waals surface area contributed by atoms with E-state index in [-0.39, 0.29) is 23.8 Å². The fourth-order valence-electron chi connectivity index (χ4n) is 3.17. The van der Waals surface area contributed by atoms with Crippen LogP contribution in [-0.2, 0) is 26.2 Å². The second kappa shape index (κ2) is 10.9. The van der Waals surface area contributed by atoms with Crippen molar-refractivity contribution in [3.63, 3.8) is 0 Å². The summed E-state index contributed by atoms with van der Waals surface area (Å²) in [4.78, 5) is 37.6. The summed E-state index contributed by atoms with van der Waals surface area (Å²) in [5, 5.41) is 13.8. The lowest BCUT2D eigenvalue weighted by atomic mass is 10.1. The number of carbonyl (C=O) groups excluding carboxylic acids is 2. The summed E-state index contributed by atoms with van der Waals surface area (Å²) in [7, 11) is -3.96. The van der Waals surface area contributed by atoms with Gasteiger partial charge in [-0.3, -0.25) is 24.0 Å². The molecule has 0 fully saturated rings. The van der Waals surface area contributed by atoms with Crippen molar-refractivity contribution < 1.29 is 22.9 Å². The van der Waals surface area contributed by atoms with E-state index in [0.29, 0.717) is 6.54 Å². The van der Waals surface area contributed by atoms with Gasteiger partial charge in [0.05, 0.1) is 16.9 Å². The van der Waals surface area contributed by atoms with Crippen LogP contribution in [0, 0.1) is 17.0 Å². The van der Waals surface area contributed by atoms with Crippen LogP contribution in [0.2, 0.25) is 0 Å². The van der Waals surface area contributed by atoms with Crippen LogP contribution in [0.1, 0.15) is 25.0 Å². The maximum absolute atomic E-state index is 13.3. The van der Waals surface area contributed by atoms with Crippen LogP contribution in [0.15, 0.2) is 48.5 Å². The Kier molecular flexibility index (Phi) is 8.52. The average Bonchev–Trinajstić information content (AvgIpc) is 2.75. The largest absolute Gasteiger partial charge is 0.355 e. The Bertz CT molecular complexity index is 1120. The van der Waals surface area contributed by atoms with Crippen LogP contribution in [0.3, 0.4) is 0 Å². The quantitative estimate of drug-likeness (QED) is 0.413. The van der Waals surface area contributed by atoms with E-state index in [1.807, 2.05) is 31.2 Å². The molecule has 0 spiro atoms. The highest BCUT2D eigenvalue weighted by atomic mass is 32.2. The van der Waals surface area contributed by atoms with Gasteiger partial charge in [0.2, 0.25) is 21.8 Å². The van der Waals surface area contributed by atoms with E-state index < -0.39 is 33.4 Å². The minimum absolute atomic E-state index is 0.0130. The molecule has 0 heterocycles. The molecule has 2 aromatic rings. The van der Waals surface area contributed by atoms with Gasteiger partial charge in [0, 0.05) is 25.2 Å². The van der Waals surface area contributed by atoms with E-state index in [1.165, 1.54) is 23.1 Å². The van der Waals surface area contributed by atoms with Crippen molar-refractivity contribution in [3.8, 4) is 0 Å². The van der Waals surface area contributed by atoms with Crippen molar-refractivity contribution in [1.82, 2.24) is 10.2 Å². The lowest BCUT2D eigenvalue weighted by molar-refractivity contribution is -0.384. The van der Waals surface area contributed by atoms with Gasteiger partial charge in [-0.1, -0.05) is 35.9 Å². The predicted molar refractivity (Wildman–Crippen MR) is 125 cm³/mol. The Morgan fingerprint density at radius 3 is 2.33 bits per heavy atom. The van der Waals surface area contributed by atoms with Crippen LogP contribution in [0.5, 0.6) is 0 Å². The summed E-state index contributed by atoms with van der Waals surface area (Å²) in [5.74, 6) is -0.995. The van der Waals surface area contributed by atoms with Crippen LogP contribution in [0.4, 0.5) is 11.4 Å². The first-order valence-electron chi connectivity index (χ1n) is 10.3. The topological polar surface area (TPSA) is 130 Å². The molecule has 0 aliphatic rings. The zero-order valence-corrected chi connectivity index (χ0v) is 19.8. The van der Waals surface area contributed by atoms with E-state index in [4.69, 9.17) is 0 Å². The van der Waals surface area contributed by atoms with Crippen LogP contribution < -0.4 is 9.62 Å². The number of hydrogen-bond acceptors (Lipinski definition) is 6. The third kappa shape index (κ3) is 7.01. The number of carbonyl (C=O) groups is 2. The number of sulfonamides is 1. The summed E-state index contributed by atoms with van der Waals surface area (Å²) < 4.78 is 25.8. The molecule has 0 aromatic heterocycles. The molecule has 0 saturated carbocycles. The molecular weight excluding hydrogens is 448 g/mol. The van der Waals surface area contributed by atoms with Crippen LogP contribution in [-0.4, -0.2) is 55.4 Å². The summed E-state index contributed by atoms with van der Waals surface area (Å²) in [6.45, 7) is 5.09. The smallest absolute Gasteiger partial charge is 0.271 e. The van der Waals surface area contributed by atoms with Gasteiger partial charge >= 0.3 is 0 Å². The molecular formula is C22H28N4O6S. The number of nitro groups is 1. The number of benzene rings is 2. The summed E-state index contributed by atoms with van der Waals surface area (Å²) in [6.07, 6.45) is 0.913. The first-order chi connectivity index (χ1) is 15.4. The van der Waals surface area contributed by atoms with E-state index in [2.05, 4.69) is 5.32 Å². The van der Waals surface area contributed by atoms with Crippen molar-refractivity contribution in [2.24, 2.45) is 0 Å². The molecule has 0 aliphatic carbocycles. The SMILES string of the molecule is CCNC(=O)C(C)N(Cc1ccc(C)cc1)C(=O)CN(c1cccc([N+](=O)[O-])c1)S(C)(=O)=O. The summed E-state index contributed by atoms with van der Waals surface area (Å²) >= 11 is 0. The third-order valence-corrected chi connectivity index (χ3v) is 6.14. The first-order valence-corrected chi connectivity index (χ1v) is 12.1. The van der Waals surface area contributed by atoms with Crippen LogP contribution in [0.25, 0.3) is 0 Å². The molecule has 2 rings (SSSR count). The number of anilines is 1. The van der Waals surface area contributed by atoms with E-state index in [9.17, 15) is 28.1 Å². The van der Waals surface area contributed by atoms with Crippen molar-refractivity contribution in [1.29, 1.82) is 0 Å². The lowest BCUT2D eigenvalue weighted by Gasteiger charge is -2.31. The Hall–Kier alpha value is -3.47. The van der Waals surface area contributed by atoms with Crippen molar-refractivity contribution in [3.05, 3.63) is 69.8 Å². The van der Waals surface area contributed by atoms with Gasteiger partial charge in [-0.05, 0) is 32.4 Å². The highest BCUT2D eigenvalue weighted by molar-refractivity contribution is 7.92. The Labute approximate surface area is 193 Å². The maximum Gasteiger partial charge on any atom is 0.271 e. The van der Waals surface area contributed by atoms with Crippen LogP contribution >= 0.6 is 0 Å². The number of hydrogen-bond donors (Lipinski definition) is 1. The molecule has 1 N–H and O–H groups in total. The van der Waals surface area contributed by atoms with Gasteiger partial charge in [0.25, 0.3) is 5.69 Å². The summed E-state index contributed by atoms with van der Waals surface area (Å²) in [6, 6.07) is 11.6. The number of aryl methyl sites for hydroxylation is 1. The third-order valence-electron chi connectivity index (χ3n) is 5.00. The molecule has 33 heavy (non-hydrogen) atoms. The van der Waals surface area contributed by atoms with Gasteiger partial charge in [0.15, 0.2) is 0 Å². The number of non-ortho nitro benzene ring substituents is 1. The minimum Gasteiger partial charge on any atom is -0.355 e. The molecule has 0 radical (unpaired) electrons. The van der Waals surface area contributed by atoms with E-state index in [0.717, 1.165) is 27.8 Å². The van der Waals surface area contributed by atoms with E-state index in [1.54, 1.807) is 13.8 Å². The maximum atomic E-state index is 13.3. The molecule has 2 aromatic carbocycles. The number of likely N-dealkylation sites (N-methyl/N-ethyl adjacent to an activating group) is 1. The normalized spacial score (nSPS) is 12.0. The average molecular weight is 477 g/mol. The minimum atomic E-state index is -3.96. The number of amides is 2. The lowest BCUT2D eigenvalue weighted by Crippen LogP contribution is -2.51. The number of nitrogens with one attached hydrogen (secondary N) is 1. The van der Waals surface area contributed by atoms with Crippen molar-refractivity contribution in [2.45, 2.75) is 33.4 Å². The van der Waals surface area contributed by atoms with Gasteiger partial charge < -0.3 is 10.2 Å². The van der Waals surface area contributed by atoms with Gasteiger partial charge in [-0.25, -0.2) is 8.42 Å². The number of nitro benzene ring substituents is 1. The van der Waals surface area contributed by atoms with Gasteiger partial charge in [0.1, 0.15) is 12.6 Å². The number of nitrogens with zero attached hydrogens (tertiary/aromatic N) is 3. The summed E-state index contributed by atoms with van der Waals surface area (Å²) in [5.41, 5.74) is 1.48. The predicted octanol–water partition coefficient (Wildman–Crippen LogP) is 2.22. The Balaban J connectivity index is 2.41. The van der Waals surface area contributed by atoms with E-state index >= 15 is 0 Å². The first kappa shape index (κ1) is 25.8. The molecule has 11 heteroatoms. The van der Waals surface area contributed by atoms with Gasteiger partial charge in [-0.2, -0.15) is 0 Å². The Morgan fingerprint density at radius 2 is 1.79 bits per heavy atom. The molecule has 2 amide bonds. The molecule has 0 aliphatic heterocycles. The zero-order valence-electron chi connectivity index (χ0n) is 19.0. The monoisotopic (exact) mass is 476 g/mol. The molecule has 10 nitrogen and oxygen atoms in total. The fourth-order valence-corrected chi connectivity index (χ4v) is 4.01. The second-order valence-corrected chi connectivity index (χ2v) is 9.53. The Morgan fingerprint density at radius 1 is 1.15 bits per heavy atom. The standard InChI is InChI=1S/C22H28N4O6S/c1-5-23-22(28)17(3)24(14-18-11-9-16(2)10-12-18)21(27)15-25(33(4,31)32)19-7-6-8-20(13-19)26(29)30/h6-13,17H,5,14-15H2,1-4H3,(H,23,28). The van der Waals surface area contributed by atoms with Crippen molar-refractivity contribution in [2.75, 3.05) is 23.7 Å². The molecule has 0 bridgehead atoms. The molecule has 1 unspecified atom stereocenters. The van der Waals surface area contributed by atoms with Crippen molar-refractivity contribution >= 4 is 33.2 Å². The second-order valence-electron chi connectivity index (χ2n) is 7.62. The number of rotatable bonds is 10. The molecule has 178 valence electrons. The highest BCUT2D eigenvalue weighted by Crippen LogP contribution is 2.24. The highest BCUT2D eigenvalue weighted by Gasteiger charge is 2.30. The van der Waals surface area contributed by atoms with Gasteiger partial charge in [-0.15, -0.1) is 0 Å². The zero-order chi connectivity index (χ0) is 24.8.